The number of hydrogen-bond acceptors (Lipinski definition) is 5. The van der Waals surface area contributed by atoms with Crippen molar-refractivity contribution in [2.24, 2.45) is 0 Å². The minimum atomic E-state index is -0.157. The highest BCUT2D eigenvalue weighted by Gasteiger charge is 2.32. The van der Waals surface area contributed by atoms with Gasteiger partial charge in [0.15, 0.2) is 0 Å². The zero-order valence-electron chi connectivity index (χ0n) is 12.8. The Morgan fingerprint density at radius 1 is 1.26 bits per heavy atom. The number of hydrogen-bond donors (Lipinski definition) is 2. The van der Waals surface area contributed by atoms with Gasteiger partial charge in [-0.3, -0.25) is 4.90 Å². The second-order valence-corrected chi connectivity index (χ2v) is 5.66. The third-order valence-electron chi connectivity index (χ3n) is 4.05. The normalized spacial score (nSPS) is 27.6. The van der Waals surface area contributed by atoms with Crippen LogP contribution in [0, 0.1) is 0 Å². The smallest absolute Gasteiger partial charge is 0.0971 e. The van der Waals surface area contributed by atoms with Crippen molar-refractivity contribution in [3.63, 3.8) is 0 Å². The summed E-state index contributed by atoms with van der Waals surface area (Å²) in [6.07, 6.45) is 2.41. The Labute approximate surface area is 117 Å². The van der Waals surface area contributed by atoms with Crippen molar-refractivity contribution in [1.29, 1.82) is 0 Å². The van der Waals surface area contributed by atoms with Gasteiger partial charge < -0.3 is 19.9 Å². The van der Waals surface area contributed by atoms with Crippen LogP contribution >= 0.6 is 0 Å². The molecule has 0 spiro atoms. The molecule has 1 aliphatic heterocycles. The van der Waals surface area contributed by atoms with Crippen molar-refractivity contribution in [3.05, 3.63) is 0 Å². The molecule has 1 rings (SSSR count). The molecule has 2 N–H and O–H groups in total. The molecule has 1 fully saturated rings. The third kappa shape index (κ3) is 5.00. The predicted molar refractivity (Wildman–Crippen MR) is 76.4 cm³/mol. The van der Waals surface area contributed by atoms with E-state index in [1.54, 1.807) is 14.2 Å². The van der Waals surface area contributed by atoms with Gasteiger partial charge in [-0.15, -0.1) is 0 Å². The molecule has 0 aliphatic carbocycles. The fourth-order valence-electron chi connectivity index (χ4n) is 2.80. The van der Waals surface area contributed by atoms with Gasteiger partial charge in [0.2, 0.25) is 0 Å². The summed E-state index contributed by atoms with van der Waals surface area (Å²) in [6.45, 7) is 8.12. The average Bonchev–Trinajstić information content (AvgIpc) is 2.81. The molecule has 0 bridgehead atoms. The van der Waals surface area contributed by atoms with Crippen LogP contribution < -0.4 is 5.32 Å². The van der Waals surface area contributed by atoms with Crippen molar-refractivity contribution in [2.75, 3.05) is 47.0 Å². The van der Waals surface area contributed by atoms with Crippen LogP contribution in [0.2, 0.25) is 0 Å². The highest BCUT2D eigenvalue weighted by molar-refractivity contribution is 4.87. The molecule has 114 valence electrons. The van der Waals surface area contributed by atoms with Crippen molar-refractivity contribution in [2.45, 2.75) is 44.4 Å². The highest BCUT2D eigenvalue weighted by Crippen LogP contribution is 2.18. The third-order valence-corrected chi connectivity index (χ3v) is 4.05. The summed E-state index contributed by atoms with van der Waals surface area (Å²) in [7, 11) is 3.49. The molecule has 5 nitrogen and oxygen atoms in total. The number of aliphatic hydroxyl groups excluding tert-OH is 1. The summed E-state index contributed by atoms with van der Waals surface area (Å²) >= 11 is 0. The molecule has 0 saturated carbocycles. The van der Waals surface area contributed by atoms with Crippen LogP contribution in [0.15, 0.2) is 0 Å². The number of nitrogens with zero attached hydrogens (tertiary/aromatic N) is 1. The lowest BCUT2D eigenvalue weighted by molar-refractivity contribution is -0.00461. The summed E-state index contributed by atoms with van der Waals surface area (Å²) in [5.41, 5.74) is -0.157. The fraction of sp³-hybridized carbons (Fsp3) is 1.00. The topological polar surface area (TPSA) is 54.0 Å². The molecule has 1 aliphatic rings. The van der Waals surface area contributed by atoms with E-state index in [9.17, 15) is 5.11 Å². The first-order valence-corrected chi connectivity index (χ1v) is 7.22. The van der Waals surface area contributed by atoms with Gasteiger partial charge in [-0.1, -0.05) is 6.92 Å². The highest BCUT2D eigenvalue weighted by atomic mass is 16.5. The standard InChI is InChI=1S/C14H30N2O3/c1-5-15-14(2,11-17)7-6-8-16-9-12(18-3)13(10-16)19-4/h12-13,15,17H,5-11H2,1-4H3. The van der Waals surface area contributed by atoms with Crippen LogP contribution in [-0.4, -0.2) is 74.8 Å². The molecule has 5 heteroatoms. The molecule has 0 amide bonds. The molecule has 3 unspecified atom stereocenters. The lowest BCUT2D eigenvalue weighted by atomic mass is 9.96. The molecular weight excluding hydrogens is 244 g/mol. The Morgan fingerprint density at radius 3 is 2.26 bits per heavy atom. The zero-order chi connectivity index (χ0) is 14.3. The van der Waals surface area contributed by atoms with E-state index in [2.05, 4.69) is 24.1 Å². The second-order valence-electron chi connectivity index (χ2n) is 5.66. The Balaban J connectivity index is 2.30. The van der Waals surface area contributed by atoms with Gasteiger partial charge in [-0.2, -0.15) is 0 Å². The molecule has 19 heavy (non-hydrogen) atoms. The van der Waals surface area contributed by atoms with Crippen LogP contribution in [0.5, 0.6) is 0 Å². The van der Waals surface area contributed by atoms with E-state index in [4.69, 9.17) is 9.47 Å². The maximum Gasteiger partial charge on any atom is 0.0971 e. The number of likely N-dealkylation sites (tertiary alicyclic amines) is 1. The van der Waals surface area contributed by atoms with E-state index in [0.29, 0.717) is 0 Å². The summed E-state index contributed by atoms with van der Waals surface area (Å²) < 4.78 is 10.9. The second kappa shape index (κ2) is 8.17. The number of ether oxygens (including phenoxy) is 2. The quantitative estimate of drug-likeness (QED) is 0.640. The number of aliphatic hydroxyl groups is 1. The van der Waals surface area contributed by atoms with E-state index in [0.717, 1.165) is 39.0 Å². The molecule has 0 aromatic carbocycles. The van der Waals surface area contributed by atoms with Gasteiger partial charge in [0.25, 0.3) is 0 Å². The van der Waals surface area contributed by atoms with Gasteiger partial charge in [-0.05, 0) is 32.9 Å². The maximum atomic E-state index is 9.45. The molecular formula is C14H30N2O3. The van der Waals surface area contributed by atoms with Crippen LogP contribution in [0.4, 0.5) is 0 Å². The Bertz CT molecular complexity index is 241. The molecule has 0 aromatic rings. The molecule has 3 atom stereocenters. The number of likely N-dealkylation sites (N-methyl/N-ethyl adjacent to an activating group) is 1. The van der Waals surface area contributed by atoms with Crippen molar-refractivity contribution >= 4 is 0 Å². The maximum absolute atomic E-state index is 9.45. The lowest BCUT2D eigenvalue weighted by Crippen LogP contribution is -2.46. The van der Waals surface area contributed by atoms with E-state index in [-0.39, 0.29) is 24.4 Å². The summed E-state index contributed by atoms with van der Waals surface area (Å²) in [5.74, 6) is 0. The van der Waals surface area contributed by atoms with Crippen LogP contribution in [0.1, 0.15) is 26.7 Å². The van der Waals surface area contributed by atoms with Crippen molar-refractivity contribution in [3.8, 4) is 0 Å². The zero-order valence-corrected chi connectivity index (χ0v) is 12.8. The average molecular weight is 274 g/mol. The monoisotopic (exact) mass is 274 g/mol. The minimum Gasteiger partial charge on any atom is -0.394 e. The minimum absolute atomic E-state index is 0.157. The summed E-state index contributed by atoms with van der Waals surface area (Å²) in [6, 6.07) is 0. The first kappa shape index (κ1) is 16.9. The van der Waals surface area contributed by atoms with Gasteiger partial charge in [0.05, 0.1) is 18.8 Å². The number of nitrogens with one attached hydrogen (secondary N) is 1. The van der Waals surface area contributed by atoms with Gasteiger partial charge >= 0.3 is 0 Å². The van der Waals surface area contributed by atoms with E-state index >= 15 is 0 Å². The first-order chi connectivity index (χ1) is 9.08. The fourth-order valence-corrected chi connectivity index (χ4v) is 2.80. The number of methoxy groups -OCH3 is 2. The lowest BCUT2D eigenvalue weighted by Gasteiger charge is -2.29. The van der Waals surface area contributed by atoms with E-state index < -0.39 is 0 Å². The first-order valence-electron chi connectivity index (χ1n) is 7.22. The Morgan fingerprint density at radius 2 is 1.84 bits per heavy atom. The molecule has 0 radical (unpaired) electrons. The molecule has 1 saturated heterocycles. The summed E-state index contributed by atoms with van der Waals surface area (Å²) in [4.78, 5) is 2.38. The van der Waals surface area contributed by atoms with Crippen molar-refractivity contribution < 1.29 is 14.6 Å². The molecule has 1 heterocycles. The van der Waals surface area contributed by atoms with E-state index in [1.165, 1.54) is 0 Å². The Hall–Kier alpha value is -0.200. The van der Waals surface area contributed by atoms with E-state index in [1.807, 2.05) is 0 Å². The van der Waals surface area contributed by atoms with Crippen LogP contribution in [0.3, 0.4) is 0 Å². The van der Waals surface area contributed by atoms with Crippen LogP contribution in [-0.2, 0) is 9.47 Å². The van der Waals surface area contributed by atoms with Gasteiger partial charge in [0, 0.05) is 32.8 Å². The van der Waals surface area contributed by atoms with Gasteiger partial charge in [0.1, 0.15) is 0 Å². The largest absolute Gasteiger partial charge is 0.394 e. The SMILES string of the molecule is CCNC(C)(CO)CCCN1CC(OC)C(OC)C1. The predicted octanol–water partition coefficient (Wildman–Crippen LogP) is 0.473. The summed E-state index contributed by atoms with van der Waals surface area (Å²) in [5, 5.41) is 12.8. The van der Waals surface area contributed by atoms with Gasteiger partial charge in [-0.25, -0.2) is 0 Å². The van der Waals surface area contributed by atoms with Crippen LogP contribution in [0.25, 0.3) is 0 Å². The molecule has 0 aromatic heterocycles. The number of rotatable bonds is 9. The van der Waals surface area contributed by atoms with Crippen molar-refractivity contribution in [1.82, 2.24) is 10.2 Å². The Kier molecular flexibility index (Phi) is 7.25.